The largest absolute Gasteiger partial charge is 0.491 e. The first-order valence-electron chi connectivity index (χ1n) is 12.3. The van der Waals surface area contributed by atoms with Gasteiger partial charge < -0.3 is 20.5 Å². The molecule has 0 spiro atoms. The van der Waals surface area contributed by atoms with Gasteiger partial charge >= 0.3 is 12.1 Å². The smallest absolute Gasteiger partial charge is 0.416 e. The summed E-state index contributed by atoms with van der Waals surface area (Å²) in [6.07, 6.45) is -4.82. The Balaban J connectivity index is 1.67. The van der Waals surface area contributed by atoms with Crippen molar-refractivity contribution in [3.8, 4) is 16.9 Å². The molecule has 1 atom stereocenters. The van der Waals surface area contributed by atoms with Crippen molar-refractivity contribution in [3.63, 3.8) is 0 Å². The Labute approximate surface area is 234 Å². The molecule has 0 bridgehead atoms. The van der Waals surface area contributed by atoms with Crippen LogP contribution in [-0.2, 0) is 11.0 Å². The van der Waals surface area contributed by atoms with Gasteiger partial charge in [0.25, 0.3) is 5.91 Å². The van der Waals surface area contributed by atoms with Crippen LogP contribution >= 0.6 is 11.6 Å². The Morgan fingerprint density at radius 1 is 0.975 bits per heavy atom. The number of anilines is 1. The maximum Gasteiger partial charge on any atom is 0.416 e. The number of amides is 1. The molecule has 0 aliphatic carbocycles. The number of ether oxygens (including phenoxy) is 1. The van der Waals surface area contributed by atoms with E-state index >= 15 is 0 Å². The molecule has 1 amide bonds. The zero-order chi connectivity index (χ0) is 29.7. The van der Waals surface area contributed by atoms with E-state index in [1.807, 2.05) is 20.8 Å². The minimum atomic E-state index is -4.65. The predicted octanol–water partition coefficient (Wildman–Crippen LogP) is 7.28. The fourth-order valence-electron chi connectivity index (χ4n) is 3.71. The Morgan fingerprint density at radius 3 is 2.17 bits per heavy atom. The van der Waals surface area contributed by atoms with Crippen molar-refractivity contribution < 1.29 is 37.0 Å². The maximum atomic E-state index is 14.5. The van der Waals surface area contributed by atoms with E-state index in [9.17, 15) is 27.2 Å². The molecule has 3 N–H and O–H groups in total. The number of carbonyl (C=O) groups excluding carboxylic acids is 1. The van der Waals surface area contributed by atoms with Crippen LogP contribution in [0.15, 0.2) is 60.7 Å². The summed E-state index contributed by atoms with van der Waals surface area (Å²) < 4.78 is 59.0. The zero-order valence-electron chi connectivity index (χ0n) is 22.0. The van der Waals surface area contributed by atoms with Crippen molar-refractivity contribution in [2.24, 2.45) is 5.41 Å². The van der Waals surface area contributed by atoms with E-state index in [2.05, 4.69) is 10.6 Å². The first-order chi connectivity index (χ1) is 18.6. The number of carboxylic acids is 1. The first kappa shape index (κ1) is 30.7. The summed E-state index contributed by atoms with van der Waals surface area (Å²) in [5.74, 6) is -2.02. The number of carboxylic acid groups (broad SMARTS) is 1. The molecule has 3 aromatic rings. The van der Waals surface area contributed by atoms with Crippen LogP contribution in [0.4, 0.5) is 23.2 Å². The number of aliphatic carboxylic acids is 1. The first-order valence-corrected chi connectivity index (χ1v) is 12.7. The van der Waals surface area contributed by atoms with Crippen LogP contribution in [0.5, 0.6) is 5.75 Å². The van der Waals surface area contributed by atoms with E-state index in [-0.39, 0.29) is 53.1 Å². The average Bonchev–Trinajstić information content (AvgIpc) is 2.85. The molecule has 214 valence electrons. The van der Waals surface area contributed by atoms with Gasteiger partial charge in [0.1, 0.15) is 18.2 Å². The number of benzene rings is 3. The second kappa shape index (κ2) is 12.6. The third kappa shape index (κ3) is 8.35. The normalized spacial score (nSPS) is 12.5. The fraction of sp³-hybridized carbons (Fsp3) is 0.310. The number of hydrogen-bond acceptors (Lipinski definition) is 4. The molecule has 3 rings (SSSR count). The number of rotatable bonds is 10. The van der Waals surface area contributed by atoms with Crippen LogP contribution in [0, 0.1) is 11.2 Å². The van der Waals surface area contributed by atoms with Gasteiger partial charge in [0.05, 0.1) is 23.0 Å². The van der Waals surface area contributed by atoms with Crippen LogP contribution in [0.25, 0.3) is 11.1 Å². The van der Waals surface area contributed by atoms with Crippen molar-refractivity contribution in [2.45, 2.75) is 39.4 Å². The molecule has 0 unspecified atom stereocenters. The van der Waals surface area contributed by atoms with E-state index in [4.69, 9.17) is 21.4 Å². The van der Waals surface area contributed by atoms with Crippen molar-refractivity contribution >= 4 is 29.2 Å². The van der Waals surface area contributed by atoms with Gasteiger partial charge in [-0.05, 0) is 60.0 Å². The minimum Gasteiger partial charge on any atom is -0.491 e. The number of carbonyl (C=O) groups is 2. The highest BCUT2D eigenvalue weighted by atomic mass is 35.5. The van der Waals surface area contributed by atoms with Crippen LogP contribution < -0.4 is 15.4 Å². The average molecular weight is 581 g/mol. The van der Waals surface area contributed by atoms with Crippen molar-refractivity contribution in [1.29, 1.82) is 0 Å². The lowest BCUT2D eigenvalue weighted by atomic mass is 9.87. The van der Waals surface area contributed by atoms with Crippen LogP contribution in [-0.4, -0.2) is 36.2 Å². The Kier molecular flexibility index (Phi) is 9.68. The fourth-order valence-corrected chi connectivity index (χ4v) is 3.98. The van der Waals surface area contributed by atoms with Gasteiger partial charge in [-0.25, -0.2) is 4.39 Å². The van der Waals surface area contributed by atoms with Crippen molar-refractivity contribution in [2.75, 3.05) is 18.5 Å². The Morgan fingerprint density at radius 2 is 1.62 bits per heavy atom. The molecule has 0 saturated heterocycles. The van der Waals surface area contributed by atoms with E-state index < -0.39 is 23.5 Å². The molecule has 0 aliphatic heterocycles. The zero-order valence-corrected chi connectivity index (χ0v) is 22.8. The molecule has 0 heterocycles. The molecule has 3 aromatic carbocycles. The van der Waals surface area contributed by atoms with E-state index in [0.717, 1.165) is 17.8 Å². The van der Waals surface area contributed by atoms with Crippen LogP contribution in [0.2, 0.25) is 5.02 Å². The summed E-state index contributed by atoms with van der Waals surface area (Å²) in [6.45, 7) is 6.29. The Hall–Kier alpha value is -3.79. The van der Waals surface area contributed by atoms with Gasteiger partial charge in [-0.3, -0.25) is 9.59 Å². The van der Waals surface area contributed by atoms with Crippen molar-refractivity contribution in [1.82, 2.24) is 5.32 Å². The van der Waals surface area contributed by atoms with Gasteiger partial charge in [-0.15, -0.1) is 0 Å². The molecular formula is C29H29ClF4N2O4. The standard InChI is InChI=1S/C29H29ClF4N2O4/c1-28(2,3)25(36-19-7-4-17(5-8-19)27(39)35-13-12-26(37)38)16-40-20-9-11-21(23(30)15-20)22-10-6-18(14-24(22)31)29(32,33)34/h4-11,14-15,25,36H,12-13,16H2,1-3H3,(H,35,39)(H,37,38)/t25-/m1/s1. The molecular weight excluding hydrogens is 552 g/mol. The second-order valence-electron chi connectivity index (χ2n) is 10.2. The topological polar surface area (TPSA) is 87.7 Å². The number of halogens is 5. The summed E-state index contributed by atoms with van der Waals surface area (Å²) in [4.78, 5) is 22.8. The van der Waals surface area contributed by atoms with Gasteiger partial charge in [0.2, 0.25) is 0 Å². The third-order valence-corrected chi connectivity index (χ3v) is 6.41. The van der Waals surface area contributed by atoms with Gasteiger partial charge in [-0.1, -0.05) is 38.4 Å². The predicted molar refractivity (Wildman–Crippen MR) is 145 cm³/mol. The molecule has 0 aliphatic rings. The maximum absolute atomic E-state index is 14.5. The summed E-state index contributed by atoms with van der Waals surface area (Å²) in [6, 6.07) is 13.3. The lowest BCUT2D eigenvalue weighted by Crippen LogP contribution is -2.39. The number of alkyl halides is 3. The SMILES string of the molecule is CC(C)(C)[C@@H](COc1ccc(-c2ccc(C(F)(F)F)cc2F)c(Cl)c1)Nc1ccc(C(=O)NCCC(=O)O)cc1. The molecule has 0 fully saturated rings. The summed E-state index contributed by atoms with van der Waals surface area (Å²) in [5.41, 5.74) is -0.0507. The molecule has 40 heavy (non-hydrogen) atoms. The van der Waals surface area contributed by atoms with Gasteiger partial charge in [0, 0.05) is 28.9 Å². The molecule has 11 heteroatoms. The molecule has 0 radical (unpaired) electrons. The van der Waals surface area contributed by atoms with E-state index in [0.29, 0.717) is 17.4 Å². The summed E-state index contributed by atoms with van der Waals surface area (Å²) in [5, 5.41) is 14.7. The second-order valence-corrected chi connectivity index (χ2v) is 10.6. The molecule has 0 saturated carbocycles. The number of nitrogens with one attached hydrogen (secondary N) is 2. The monoisotopic (exact) mass is 580 g/mol. The Bertz CT molecular complexity index is 1360. The summed E-state index contributed by atoms with van der Waals surface area (Å²) >= 11 is 6.34. The van der Waals surface area contributed by atoms with E-state index in [1.165, 1.54) is 12.1 Å². The lowest BCUT2D eigenvalue weighted by molar-refractivity contribution is -0.138. The van der Waals surface area contributed by atoms with Crippen molar-refractivity contribution in [3.05, 3.63) is 82.6 Å². The van der Waals surface area contributed by atoms with Crippen LogP contribution in [0.1, 0.15) is 43.1 Å². The van der Waals surface area contributed by atoms with Crippen LogP contribution in [0.3, 0.4) is 0 Å². The summed E-state index contributed by atoms with van der Waals surface area (Å²) in [7, 11) is 0. The van der Waals surface area contributed by atoms with E-state index in [1.54, 1.807) is 30.3 Å². The highest BCUT2D eigenvalue weighted by molar-refractivity contribution is 6.33. The van der Waals surface area contributed by atoms with Gasteiger partial charge in [-0.2, -0.15) is 13.2 Å². The highest BCUT2D eigenvalue weighted by Crippen LogP contribution is 2.36. The lowest BCUT2D eigenvalue weighted by Gasteiger charge is -2.32. The number of hydrogen-bond donors (Lipinski definition) is 3. The third-order valence-electron chi connectivity index (χ3n) is 6.10. The molecule has 0 aromatic heterocycles. The quantitative estimate of drug-likeness (QED) is 0.219. The molecule has 6 nitrogen and oxygen atoms in total. The highest BCUT2D eigenvalue weighted by Gasteiger charge is 2.31. The minimum absolute atomic E-state index is 0.0296. The van der Waals surface area contributed by atoms with Gasteiger partial charge in [0.15, 0.2) is 0 Å².